The van der Waals surface area contributed by atoms with Gasteiger partial charge in [0.2, 0.25) is 5.91 Å². The molecule has 3 N–H and O–H groups in total. The van der Waals surface area contributed by atoms with Crippen LogP contribution in [0.1, 0.15) is 60.3 Å². The summed E-state index contributed by atoms with van der Waals surface area (Å²) in [7, 11) is 0. The van der Waals surface area contributed by atoms with Crippen molar-refractivity contribution in [2.45, 2.75) is 75.7 Å². The predicted molar refractivity (Wildman–Crippen MR) is 170 cm³/mol. The fourth-order valence-corrected chi connectivity index (χ4v) is 6.82. The van der Waals surface area contributed by atoms with Gasteiger partial charge in [0, 0.05) is 44.7 Å². The minimum absolute atomic E-state index is 0.0403. The lowest BCUT2D eigenvalue weighted by Crippen LogP contribution is -2.50. The van der Waals surface area contributed by atoms with Crippen LogP contribution >= 0.6 is 0 Å². The summed E-state index contributed by atoms with van der Waals surface area (Å²) in [5, 5.41) is 22.3. The number of carbonyl (C=O) groups excluding carboxylic acids is 2. The van der Waals surface area contributed by atoms with Crippen molar-refractivity contribution in [2.24, 2.45) is 0 Å². The van der Waals surface area contributed by atoms with Crippen molar-refractivity contribution >= 4 is 11.8 Å². The molecule has 5 atom stereocenters. The Morgan fingerprint density at radius 2 is 1.65 bits per heavy atom. The molecule has 0 aliphatic carbocycles. The molecule has 0 radical (unpaired) electrons. The number of likely N-dealkylation sites (tertiary alicyclic amines) is 2. The molecule has 256 valence electrons. The standard InChI is InChI=1S/C36H40F3N3O6/c37-36(38,39)35(46)42-16-3-6-31(42)33(45)40-19-27-4-1-2-5-30(27)24-11-13-26(14-12-24)34-47-29(21-41-17-15-28(44)20-41)18-32(48-34)25-9-7-23(22-43)8-10-25/h1-2,4-5,7-14,28-29,31-32,34,43-44H,3,6,15-22H2,(H,40,45). The van der Waals surface area contributed by atoms with Crippen LogP contribution in [0.2, 0.25) is 0 Å². The first-order chi connectivity index (χ1) is 23.1. The molecule has 12 heteroatoms. The molecule has 3 saturated heterocycles. The quantitative estimate of drug-likeness (QED) is 0.305. The van der Waals surface area contributed by atoms with Gasteiger partial charge in [-0.25, -0.2) is 0 Å². The molecule has 9 nitrogen and oxygen atoms in total. The van der Waals surface area contributed by atoms with Crippen LogP contribution < -0.4 is 5.32 Å². The number of halogens is 3. The topological polar surface area (TPSA) is 112 Å². The number of alkyl halides is 3. The van der Waals surface area contributed by atoms with Crippen molar-refractivity contribution in [3.63, 3.8) is 0 Å². The lowest BCUT2D eigenvalue weighted by atomic mass is 9.97. The Morgan fingerprint density at radius 3 is 2.33 bits per heavy atom. The van der Waals surface area contributed by atoms with Gasteiger partial charge in [0.05, 0.1) is 24.9 Å². The fourth-order valence-electron chi connectivity index (χ4n) is 6.82. The van der Waals surface area contributed by atoms with Gasteiger partial charge in [0.25, 0.3) is 0 Å². The summed E-state index contributed by atoms with van der Waals surface area (Å²) in [5.41, 5.74) is 5.11. The van der Waals surface area contributed by atoms with Crippen molar-refractivity contribution in [3.8, 4) is 11.1 Å². The maximum Gasteiger partial charge on any atom is 0.471 e. The van der Waals surface area contributed by atoms with Crippen LogP contribution in [0.5, 0.6) is 0 Å². The summed E-state index contributed by atoms with van der Waals surface area (Å²) in [6.45, 7) is 2.03. The van der Waals surface area contributed by atoms with Crippen LogP contribution in [0.4, 0.5) is 13.2 Å². The van der Waals surface area contributed by atoms with E-state index in [1.54, 1.807) is 0 Å². The Labute approximate surface area is 277 Å². The zero-order valence-electron chi connectivity index (χ0n) is 26.4. The third-order valence-corrected chi connectivity index (χ3v) is 9.35. The number of hydrogen-bond donors (Lipinski definition) is 3. The van der Waals surface area contributed by atoms with Gasteiger partial charge in [0.15, 0.2) is 6.29 Å². The van der Waals surface area contributed by atoms with Crippen molar-refractivity contribution in [2.75, 3.05) is 26.2 Å². The minimum Gasteiger partial charge on any atom is -0.392 e. The first-order valence-corrected chi connectivity index (χ1v) is 16.3. The lowest BCUT2D eigenvalue weighted by molar-refractivity contribution is -0.252. The number of nitrogens with one attached hydrogen (secondary N) is 1. The number of rotatable bonds is 9. The van der Waals surface area contributed by atoms with E-state index in [0.29, 0.717) is 30.8 Å². The number of aliphatic hydroxyl groups excluding tert-OH is 2. The summed E-state index contributed by atoms with van der Waals surface area (Å²) in [6, 6.07) is 21.7. The van der Waals surface area contributed by atoms with E-state index < -0.39 is 30.3 Å². The number of amides is 2. The van der Waals surface area contributed by atoms with E-state index in [4.69, 9.17) is 9.47 Å². The van der Waals surface area contributed by atoms with E-state index in [1.807, 2.05) is 72.8 Å². The van der Waals surface area contributed by atoms with Gasteiger partial charge in [0.1, 0.15) is 6.04 Å². The van der Waals surface area contributed by atoms with Crippen molar-refractivity contribution in [1.82, 2.24) is 15.1 Å². The molecule has 0 spiro atoms. The molecule has 0 aromatic heterocycles. The average Bonchev–Trinajstić information content (AvgIpc) is 3.75. The third-order valence-electron chi connectivity index (χ3n) is 9.35. The SMILES string of the molecule is O=C(NCc1ccccc1-c1ccc(C2OC(CN3CCC(O)C3)CC(c3ccc(CO)cc3)O2)cc1)C1CCCN1C(=O)C(F)(F)F. The van der Waals surface area contributed by atoms with Crippen molar-refractivity contribution < 1.29 is 42.4 Å². The normalized spacial score (nSPS) is 24.9. The molecule has 3 heterocycles. The van der Waals surface area contributed by atoms with E-state index in [-0.39, 0.29) is 44.4 Å². The minimum atomic E-state index is -5.03. The molecule has 3 fully saturated rings. The fraction of sp³-hybridized carbons (Fsp3) is 0.444. The van der Waals surface area contributed by atoms with Crippen LogP contribution in [-0.2, 0) is 32.2 Å². The van der Waals surface area contributed by atoms with Crippen molar-refractivity contribution in [3.05, 3.63) is 95.1 Å². The third kappa shape index (κ3) is 7.90. The van der Waals surface area contributed by atoms with Gasteiger partial charge < -0.3 is 29.9 Å². The van der Waals surface area contributed by atoms with Crippen LogP contribution in [-0.4, -0.2) is 82.4 Å². The highest BCUT2D eigenvalue weighted by atomic mass is 19.4. The lowest BCUT2D eigenvalue weighted by Gasteiger charge is -2.38. The Morgan fingerprint density at radius 1 is 0.917 bits per heavy atom. The Bertz CT molecular complexity index is 1570. The molecule has 0 saturated carbocycles. The monoisotopic (exact) mass is 667 g/mol. The van der Waals surface area contributed by atoms with Gasteiger partial charge in [-0.1, -0.05) is 72.8 Å². The second kappa shape index (κ2) is 14.8. The molecule has 3 aliphatic heterocycles. The molecule has 3 aliphatic rings. The highest BCUT2D eigenvalue weighted by molar-refractivity contribution is 5.90. The second-order valence-corrected chi connectivity index (χ2v) is 12.7. The van der Waals surface area contributed by atoms with Crippen LogP contribution in [0.3, 0.4) is 0 Å². The summed E-state index contributed by atoms with van der Waals surface area (Å²) in [6.07, 6.45) is -4.49. The van der Waals surface area contributed by atoms with Gasteiger partial charge in [-0.05, 0) is 47.1 Å². The Balaban J connectivity index is 1.15. The van der Waals surface area contributed by atoms with Gasteiger partial charge >= 0.3 is 12.1 Å². The summed E-state index contributed by atoms with van der Waals surface area (Å²) >= 11 is 0. The molecular weight excluding hydrogens is 627 g/mol. The van der Waals surface area contributed by atoms with E-state index >= 15 is 0 Å². The molecule has 0 bridgehead atoms. The molecule has 3 aromatic carbocycles. The highest BCUT2D eigenvalue weighted by Gasteiger charge is 2.47. The maximum absolute atomic E-state index is 13.1. The smallest absolute Gasteiger partial charge is 0.392 e. The van der Waals surface area contributed by atoms with Crippen LogP contribution in [0.25, 0.3) is 11.1 Å². The highest BCUT2D eigenvalue weighted by Crippen LogP contribution is 2.39. The van der Waals surface area contributed by atoms with Crippen molar-refractivity contribution in [1.29, 1.82) is 0 Å². The number of nitrogens with zero attached hydrogens (tertiary/aromatic N) is 2. The average molecular weight is 668 g/mol. The van der Waals surface area contributed by atoms with E-state index in [2.05, 4.69) is 10.2 Å². The Kier molecular flexibility index (Phi) is 10.5. The largest absolute Gasteiger partial charge is 0.471 e. The van der Waals surface area contributed by atoms with E-state index in [1.165, 1.54) is 0 Å². The summed E-state index contributed by atoms with van der Waals surface area (Å²) in [5.74, 6) is -2.60. The van der Waals surface area contributed by atoms with Gasteiger partial charge in [-0.3, -0.25) is 14.5 Å². The van der Waals surface area contributed by atoms with Crippen LogP contribution in [0.15, 0.2) is 72.8 Å². The molecular formula is C36H40F3N3O6. The van der Waals surface area contributed by atoms with E-state index in [0.717, 1.165) is 46.3 Å². The first kappa shape index (κ1) is 34.1. The first-order valence-electron chi connectivity index (χ1n) is 16.3. The number of ether oxygens (including phenoxy) is 2. The number of β-amino-alcohol motifs (C(OH)–C–C–N with tert-alkyl or cyclic N) is 1. The van der Waals surface area contributed by atoms with Crippen LogP contribution in [0, 0.1) is 0 Å². The predicted octanol–water partition coefficient (Wildman–Crippen LogP) is 4.63. The summed E-state index contributed by atoms with van der Waals surface area (Å²) < 4.78 is 52.1. The van der Waals surface area contributed by atoms with Gasteiger partial charge in [-0.2, -0.15) is 13.2 Å². The number of aliphatic hydroxyl groups is 2. The van der Waals surface area contributed by atoms with E-state index in [9.17, 15) is 33.0 Å². The maximum atomic E-state index is 13.1. The zero-order chi connectivity index (χ0) is 33.8. The number of carbonyl (C=O) groups is 2. The molecule has 6 rings (SSSR count). The number of hydrogen-bond acceptors (Lipinski definition) is 7. The number of benzene rings is 3. The second-order valence-electron chi connectivity index (χ2n) is 12.7. The molecule has 48 heavy (non-hydrogen) atoms. The molecule has 3 aromatic rings. The summed E-state index contributed by atoms with van der Waals surface area (Å²) in [4.78, 5) is 27.6. The van der Waals surface area contributed by atoms with Gasteiger partial charge in [-0.15, -0.1) is 0 Å². The molecule has 5 unspecified atom stereocenters. The molecule has 2 amide bonds. The Hall–Kier alpha value is -3.81. The zero-order valence-corrected chi connectivity index (χ0v) is 26.4.